The number of para-hydroxylation sites is 1. The molecule has 0 radical (unpaired) electrons. The molecule has 0 saturated carbocycles. The Kier molecular flexibility index (Phi) is 7.76. The van der Waals surface area contributed by atoms with Gasteiger partial charge in [-0.15, -0.1) is 0 Å². The molecule has 0 bridgehead atoms. The Balaban J connectivity index is 2.12. The molecule has 2 rings (SSSR count). The standard InChI is InChI=1S/C22H28N4O5S/c1-14(26-32(30,31)17-12-10-16(11-13-17)23-15(2)27)20(28)24-19-9-7-6-8-18(19)21(29)25-22(3,4)5/h6-14,26H,1-5H3,(H,23,27)(H,24,28)(H,25,29)/t14-/m0/s1. The minimum atomic E-state index is -4.00. The second-order valence-corrected chi connectivity index (χ2v) is 10.0. The summed E-state index contributed by atoms with van der Waals surface area (Å²) in [6, 6.07) is 10.9. The summed E-state index contributed by atoms with van der Waals surface area (Å²) in [6.45, 7) is 8.26. The maximum atomic E-state index is 12.6. The number of rotatable bonds is 7. The van der Waals surface area contributed by atoms with Crippen LogP contribution in [0.15, 0.2) is 53.4 Å². The first-order chi connectivity index (χ1) is 14.8. The van der Waals surface area contributed by atoms with Crippen LogP contribution in [0.2, 0.25) is 0 Å². The van der Waals surface area contributed by atoms with E-state index in [0.717, 1.165) is 0 Å². The van der Waals surface area contributed by atoms with Gasteiger partial charge in [-0.25, -0.2) is 8.42 Å². The van der Waals surface area contributed by atoms with Crippen LogP contribution in [-0.4, -0.2) is 37.7 Å². The summed E-state index contributed by atoms with van der Waals surface area (Å²) in [4.78, 5) is 36.2. The van der Waals surface area contributed by atoms with Crippen LogP contribution in [0.5, 0.6) is 0 Å². The zero-order valence-electron chi connectivity index (χ0n) is 18.6. The molecule has 0 aliphatic carbocycles. The molecular weight excluding hydrogens is 432 g/mol. The Bertz CT molecular complexity index is 1110. The molecule has 0 fully saturated rings. The Hall–Kier alpha value is -3.24. The second kappa shape index (κ2) is 9.92. The molecule has 10 heteroatoms. The molecule has 9 nitrogen and oxygen atoms in total. The van der Waals surface area contributed by atoms with Gasteiger partial charge in [0.1, 0.15) is 0 Å². The van der Waals surface area contributed by atoms with Gasteiger partial charge in [0.2, 0.25) is 21.8 Å². The number of benzene rings is 2. The molecule has 0 heterocycles. The van der Waals surface area contributed by atoms with Gasteiger partial charge >= 0.3 is 0 Å². The summed E-state index contributed by atoms with van der Waals surface area (Å²) in [7, 11) is -4.00. The van der Waals surface area contributed by atoms with E-state index < -0.39 is 27.5 Å². The van der Waals surface area contributed by atoms with Crippen molar-refractivity contribution in [2.45, 2.75) is 51.1 Å². The molecule has 0 aliphatic rings. The third-order valence-corrected chi connectivity index (χ3v) is 5.68. The Morgan fingerprint density at radius 3 is 2.06 bits per heavy atom. The van der Waals surface area contributed by atoms with Crippen LogP contribution in [0.1, 0.15) is 45.0 Å². The molecule has 0 aromatic heterocycles. The number of carbonyl (C=O) groups is 3. The summed E-state index contributed by atoms with van der Waals surface area (Å²) in [5.74, 6) is -1.26. The van der Waals surface area contributed by atoms with Crippen LogP contribution in [0.25, 0.3) is 0 Å². The Labute approximate surface area is 188 Å². The lowest BCUT2D eigenvalue weighted by Gasteiger charge is -2.22. The lowest BCUT2D eigenvalue weighted by atomic mass is 10.1. The number of anilines is 2. The number of sulfonamides is 1. The fraction of sp³-hybridized carbons (Fsp3) is 0.318. The molecule has 1 atom stereocenters. The predicted octanol–water partition coefficient (Wildman–Crippen LogP) is 2.48. The minimum Gasteiger partial charge on any atom is -0.347 e. The summed E-state index contributed by atoms with van der Waals surface area (Å²) < 4.78 is 27.6. The van der Waals surface area contributed by atoms with Crippen molar-refractivity contribution >= 4 is 39.1 Å². The van der Waals surface area contributed by atoms with E-state index in [1.54, 1.807) is 24.3 Å². The highest BCUT2D eigenvalue weighted by Gasteiger charge is 2.24. The highest BCUT2D eigenvalue weighted by Crippen LogP contribution is 2.18. The number of carbonyl (C=O) groups excluding carboxylic acids is 3. The number of nitrogens with one attached hydrogen (secondary N) is 4. The second-order valence-electron chi connectivity index (χ2n) is 8.29. The summed E-state index contributed by atoms with van der Waals surface area (Å²) >= 11 is 0. The van der Waals surface area contributed by atoms with Crippen molar-refractivity contribution in [1.29, 1.82) is 0 Å². The van der Waals surface area contributed by atoms with Crippen LogP contribution < -0.4 is 20.7 Å². The molecule has 0 unspecified atom stereocenters. The van der Waals surface area contributed by atoms with Crippen molar-refractivity contribution in [2.24, 2.45) is 0 Å². The lowest BCUT2D eigenvalue weighted by Crippen LogP contribution is -2.43. The third-order valence-electron chi connectivity index (χ3n) is 4.13. The molecule has 0 spiro atoms. The van der Waals surface area contributed by atoms with Gasteiger partial charge in [-0.2, -0.15) is 4.72 Å². The normalized spacial score (nSPS) is 12.5. The van der Waals surface area contributed by atoms with Crippen LogP contribution in [-0.2, 0) is 19.6 Å². The van der Waals surface area contributed by atoms with Crippen LogP contribution in [0.3, 0.4) is 0 Å². The number of hydrogen-bond acceptors (Lipinski definition) is 5. The Morgan fingerprint density at radius 2 is 1.50 bits per heavy atom. The molecule has 0 aliphatic heterocycles. The van der Waals surface area contributed by atoms with Gasteiger partial charge in [-0.3, -0.25) is 14.4 Å². The van der Waals surface area contributed by atoms with E-state index >= 15 is 0 Å². The first-order valence-corrected chi connectivity index (χ1v) is 11.4. The van der Waals surface area contributed by atoms with Crippen molar-refractivity contribution in [3.05, 3.63) is 54.1 Å². The first kappa shape index (κ1) is 25.0. The average molecular weight is 461 g/mol. The smallest absolute Gasteiger partial charge is 0.253 e. The summed E-state index contributed by atoms with van der Waals surface area (Å²) in [5, 5.41) is 7.98. The molecule has 32 heavy (non-hydrogen) atoms. The van der Waals surface area contributed by atoms with Crippen molar-refractivity contribution in [3.63, 3.8) is 0 Å². The van der Waals surface area contributed by atoms with Gasteiger partial charge in [0.15, 0.2) is 0 Å². The molecule has 172 valence electrons. The highest BCUT2D eigenvalue weighted by molar-refractivity contribution is 7.89. The average Bonchev–Trinajstić information content (AvgIpc) is 2.66. The molecule has 2 aromatic rings. The van der Waals surface area contributed by atoms with Crippen molar-refractivity contribution in [3.8, 4) is 0 Å². The van der Waals surface area contributed by atoms with E-state index in [4.69, 9.17) is 0 Å². The van der Waals surface area contributed by atoms with Gasteiger partial charge in [0.25, 0.3) is 5.91 Å². The van der Waals surface area contributed by atoms with Crippen molar-refractivity contribution in [1.82, 2.24) is 10.0 Å². The van der Waals surface area contributed by atoms with Crippen LogP contribution in [0, 0.1) is 0 Å². The zero-order chi connectivity index (χ0) is 24.1. The first-order valence-electron chi connectivity index (χ1n) is 9.91. The maximum absolute atomic E-state index is 12.6. The lowest BCUT2D eigenvalue weighted by molar-refractivity contribution is -0.117. The fourth-order valence-corrected chi connectivity index (χ4v) is 3.92. The largest absolute Gasteiger partial charge is 0.347 e. The summed E-state index contributed by atoms with van der Waals surface area (Å²) in [5.41, 5.74) is 0.517. The number of amides is 3. The quantitative estimate of drug-likeness (QED) is 0.504. The molecular formula is C22H28N4O5S. The maximum Gasteiger partial charge on any atom is 0.253 e. The van der Waals surface area contributed by atoms with E-state index in [9.17, 15) is 22.8 Å². The molecule has 4 N–H and O–H groups in total. The minimum absolute atomic E-state index is 0.0591. The monoisotopic (exact) mass is 460 g/mol. The number of hydrogen-bond donors (Lipinski definition) is 4. The predicted molar refractivity (Wildman–Crippen MR) is 123 cm³/mol. The zero-order valence-corrected chi connectivity index (χ0v) is 19.5. The van der Waals surface area contributed by atoms with Gasteiger partial charge in [-0.05, 0) is 64.1 Å². The van der Waals surface area contributed by atoms with Gasteiger partial charge in [0, 0.05) is 18.2 Å². The Morgan fingerprint density at radius 1 is 0.906 bits per heavy atom. The van der Waals surface area contributed by atoms with E-state index in [1.807, 2.05) is 20.8 Å². The van der Waals surface area contributed by atoms with Crippen molar-refractivity contribution in [2.75, 3.05) is 10.6 Å². The van der Waals surface area contributed by atoms with E-state index in [1.165, 1.54) is 38.1 Å². The third kappa shape index (κ3) is 7.17. The van der Waals surface area contributed by atoms with Crippen molar-refractivity contribution < 1.29 is 22.8 Å². The topological polar surface area (TPSA) is 133 Å². The summed E-state index contributed by atoms with van der Waals surface area (Å²) in [6.07, 6.45) is 0. The van der Waals surface area contributed by atoms with Crippen LogP contribution in [0.4, 0.5) is 11.4 Å². The van der Waals surface area contributed by atoms with Gasteiger partial charge in [0.05, 0.1) is 22.2 Å². The van der Waals surface area contributed by atoms with E-state index in [2.05, 4.69) is 20.7 Å². The van der Waals surface area contributed by atoms with E-state index in [0.29, 0.717) is 5.69 Å². The SMILES string of the molecule is CC(=O)Nc1ccc(S(=O)(=O)N[C@@H](C)C(=O)Nc2ccccc2C(=O)NC(C)(C)C)cc1. The highest BCUT2D eigenvalue weighted by atomic mass is 32.2. The fourth-order valence-electron chi connectivity index (χ4n) is 2.71. The van der Waals surface area contributed by atoms with Gasteiger partial charge in [-0.1, -0.05) is 12.1 Å². The van der Waals surface area contributed by atoms with Crippen LogP contribution >= 0.6 is 0 Å². The van der Waals surface area contributed by atoms with Gasteiger partial charge < -0.3 is 16.0 Å². The molecule has 2 aromatic carbocycles. The molecule has 0 saturated heterocycles. The molecule has 3 amide bonds. The van der Waals surface area contributed by atoms with E-state index in [-0.39, 0.29) is 28.0 Å².